The van der Waals surface area contributed by atoms with Gasteiger partial charge in [-0.25, -0.2) is 4.79 Å². The predicted molar refractivity (Wildman–Crippen MR) is 74.1 cm³/mol. The zero-order chi connectivity index (χ0) is 14.4. The molecule has 4 heteroatoms. The van der Waals surface area contributed by atoms with Crippen LogP contribution in [0.15, 0.2) is 18.7 Å². The van der Waals surface area contributed by atoms with Crippen LogP contribution in [0, 0.1) is 6.92 Å². The van der Waals surface area contributed by atoms with E-state index in [0.29, 0.717) is 30.1 Å². The Morgan fingerprint density at radius 2 is 1.95 bits per heavy atom. The highest BCUT2D eigenvalue weighted by Gasteiger charge is 2.22. The van der Waals surface area contributed by atoms with Crippen LogP contribution in [-0.2, 0) is 11.2 Å². The maximum atomic E-state index is 12.1. The van der Waals surface area contributed by atoms with Gasteiger partial charge in [0.25, 0.3) is 0 Å². The van der Waals surface area contributed by atoms with E-state index >= 15 is 0 Å². The summed E-state index contributed by atoms with van der Waals surface area (Å²) in [6.45, 7) is 7.72. The number of hydrogen-bond donors (Lipinski definition) is 0. The molecule has 0 aromatic heterocycles. The Morgan fingerprint density at radius 3 is 2.42 bits per heavy atom. The molecule has 19 heavy (non-hydrogen) atoms. The lowest BCUT2D eigenvalue weighted by Gasteiger charge is -2.17. The summed E-state index contributed by atoms with van der Waals surface area (Å²) in [5.41, 5.74) is 2.17. The Bertz CT molecular complexity index is 478. The number of hydrogen-bond acceptors (Lipinski definition) is 4. The number of ether oxygens (including phenoxy) is 3. The predicted octanol–water partition coefficient (Wildman–Crippen LogP) is 2.92. The van der Waals surface area contributed by atoms with E-state index in [1.54, 1.807) is 26.2 Å². The average molecular weight is 264 g/mol. The van der Waals surface area contributed by atoms with Crippen molar-refractivity contribution in [3.63, 3.8) is 0 Å². The largest absolute Gasteiger partial charge is 0.496 e. The third-order valence-corrected chi connectivity index (χ3v) is 2.90. The van der Waals surface area contributed by atoms with Crippen LogP contribution < -0.4 is 9.47 Å². The second kappa shape index (κ2) is 6.83. The Labute approximate surface area is 114 Å². The third-order valence-electron chi connectivity index (χ3n) is 2.90. The molecule has 0 heterocycles. The number of carbonyl (C=O) groups excluding carboxylic acids is 1. The Kier molecular flexibility index (Phi) is 5.42. The van der Waals surface area contributed by atoms with Crippen molar-refractivity contribution in [2.75, 3.05) is 20.8 Å². The molecule has 0 saturated heterocycles. The van der Waals surface area contributed by atoms with E-state index in [4.69, 9.17) is 14.2 Å². The van der Waals surface area contributed by atoms with Crippen molar-refractivity contribution in [1.82, 2.24) is 0 Å². The van der Waals surface area contributed by atoms with Gasteiger partial charge >= 0.3 is 5.97 Å². The highest BCUT2D eigenvalue weighted by atomic mass is 16.5. The van der Waals surface area contributed by atoms with Crippen LogP contribution in [0.3, 0.4) is 0 Å². The standard InChI is InChI=1S/C15H20O4/c1-6-8-11-10(3)12(17-4)9-13(18-5)14(11)15(16)19-7-2/h6,9H,1,7-8H2,2-5H3. The van der Waals surface area contributed by atoms with Crippen molar-refractivity contribution >= 4 is 5.97 Å². The molecule has 0 amide bonds. The zero-order valence-electron chi connectivity index (χ0n) is 11.9. The molecule has 1 rings (SSSR count). The molecule has 4 nitrogen and oxygen atoms in total. The van der Waals surface area contributed by atoms with Crippen LogP contribution in [0.25, 0.3) is 0 Å². The first-order chi connectivity index (χ1) is 9.10. The Balaban J connectivity index is 3.50. The van der Waals surface area contributed by atoms with Crippen LogP contribution in [0.4, 0.5) is 0 Å². The first-order valence-corrected chi connectivity index (χ1v) is 6.13. The summed E-state index contributed by atoms with van der Waals surface area (Å²) in [5.74, 6) is 0.751. The molecule has 0 aliphatic heterocycles. The smallest absolute Gasteiger partial charge is 0.342 e. The molecule has 104 valence electrons. The summed E-state index contributed by atoms with van der Waals surface area (Å²) in [6.07, 6.45) is 2.29. The molecule has 1 aromatic rings. The zero-order valence-corrected chi connectivity index (χ0v) is 11.9. The van der Waals surface area contributed by atoms with Gasteiger partial charge < -0.3 is 14.2 Å². The highest BCUT2D eigenvalue weighted by Crippen LogP contribution is 2.34. The molecule has 0 fully saturated rings. The molecule has 0 radical (unpaired) electrons. The van der Waals surface area contributed by atoms with Crippen molar-refractivity contribution in [2.24, 2.45) is 0 Å². The van der Waals surface area contributed by atoms with Crippen LogP contribution in [0.5, 0.6) is 11.5 Å². The van der Waals surface area contributed by atoms with E-state index in [1.165, 1.54) is 7.11 Å². The normalized spacial score (nSPS) is 9.89. The Hall–Kier alpha value is -1.97. The number of allylic oxidation sites excluding steroid dienone is 1. The number of esters is 1. The summed E-state index contributed by atoms with van der Waals surface area (Å²) >= 11 is 0. The van der Waals surface area contributed by atoms with E-state index in [-0.39, 0.29) is 5.97 Å². The average Bonchev–Trinajstić information content (AvgIpc) is 2.41. The maximum Gasteiger partial charge on any atom is 0.342 e. The fourth-order valence-corrected chi connectivity index (χ4v) is 1.98. The highest BCUT2D eigenvalue weighted by molar-refractivity contribution is 5.95. The topological polar surface area (TPSA) is 44.8 Å². The number of carbonyl (C=O) groups is 1. The molecular formula is C15H20O4. The summed E-state index contributed by atoms with van der Waals surface area (Å²) in [5, 5.41) is 0. The van der Waals surface area contributed by atoms with Gasteiger partial charge in [-0.2, -0.15) is 0 Å². The second-order valence-corrected chi connectivity index (χ2v) is 3.97. The molecule has 0 unspecified atom stereocenters. The fraction of sp³-hybridized carbons (Fsp3) is 0.400. The number of methoxy groups -OCH3 is 2. The monoisotopic (exact) mass is 264 g/mol. The van der Waals surface area contributed by atoms with Crippen LogP contribution in [-0.4, -0.2) is 26.8 Å². The van der Waals surface area contributed by atoms with Gasteiger partial charge in [-0.1, -0.05) is 6.08 Å². The van der Waals surface area contributed by atoms with Crippen molar-refractivity contribution in [3.8, 4) is 11.5 Å². The van der Waals surface area contributed by atoms with Crippen LogP contribution >= 0.6 is 0 Å². The second-order valence-electron chi connectivity index (χ2n) is 3.97. The molecular weight excluding hydrogens is 244 g/mol. The van der Waals surface area contributed by atoms with Gasteiger partial charge in [0.2, 0.25) is 0 Å². The molecule has 0 aliphatic carbocycles. The van der Waals surface area contributed by atoms with Crippen molar-refractivity contribution in [2.45, 2.75) is 20.3 Å². The van der Waals surface area contributed by atoms with E-state index in [0.717, 1.165) is 11.1 Å². The SMILES string of the molecule is C=CCc1c(C)c(OC)cc(OC)c1C(=O)OCC. The summed E-state index contributed by atoms with van der Waals surface area (Å²) < 4.78 is 15.7. The van der Waals surface area contributed by atoms with Gasteiger partial charge in [-0.05, 0) is 31.4 Å². The number of benzene rings is 1. The molecule has 0 bridgehead atoms. The van der Waals surface area contributed by atoms with E-state index in [2.05, 4.69) is 6.58 Å². The van der Waals surface area contributed by atoms with Gasteiger partial charge in [-0.3, -0.25) is 0 Å². The molecule has 0 aliphatic rings. The first kappa shape index (κ1) is 15.1. The minimum absolute atomic E-state index is 0.320. The molecule has 1 aromatic carbocycles. The van der Waals surface area contributed by atoms with Crippen molar-refractivity contribution < 1.29 is 19.0 Å². The molecule has 0 N–H and O–H groups in total. The van der Waals surface area contributed by atoms with E-state index in [9.17, 15) is 4.79 Å². The Morgan fingerprint density at radius 1 is 1.32 bits per heavy atom. The van der Waals surface area contributed by atoms with Gasteiger partial charge in [0.1, 0.15) is 17.1 Å². The van der Waals surface area contributed by atoms with Crippen molar-refractivity contribution in [1.29, 1.82) is 0 Å². The van der Waals surface area contributed by atoms with E-state index < -0.39 is 0 Å². The third kappa shape index (κ3) is 3.08. The van der Waals surface area contributed by atoms with Crippen molar-refractivity contribution in [3.05, 3.63) is 35.4 Å². The van der Waals surface area contributed by atoms with Gasteiger partial charge in [-0.15, -0.1) is 6.58 Å². The summed E-state index contributed by atoms with van der Waals surface area (Å²) in [7, 11) is 3.11. The summed E-state index contributed by atoms with van der Waals surface area (Å²) in [4.78, 5) is 12.1. The summed E-state index contributed by atoms with van der Waals surface area (Å²) in [6, 6.07) is 1.70. The first-order valence-electron chi connectivity index (χ1n) is 6.13. The van der Waals surface area contributed by atoms with Gasteiger partial charge in [0.15, 0.2) is 0 Å². The number of rotatable bonds is 6. The van der Waals surface area contributed by atoms with Crippen LogP contribution in [0.1, 0.15) is 28.4 Å². The fourth-order valence-electron chi connectivity index (χ4n) is 1.98. The maximum absolute atomic E-state index is 12.1. The van der Waals surface area contributed by atoms with Crippen LogP contribution in [0.2, 0.25) is 0 Å². The quantitative estimate of drug-likeness (QED) is 0.585. The molecule has 0 spiro atoms. The van der Waals surface area contributed by atoms with Gasteiger partial charge in [0.05, 0.1) is 20.8 Å². The lowest BCUT2D eigenvalue weighted by molar-refractivity contribution is 0.0521. The minimum Gasteiger partial charge on any atom is -0.496 e. The lowest BCUT2D eigenvalue weighted by Crippen LogP contribution is -2.12. The van der Waals surface area contributed by atoms with E-state index in [1.807, 2.05) is 6.92 Å². The molecule has 0 saturated carbocycles. The lowest BCUT2D eigenvalue weighted by atomic mass is 9.97. The minimum atomic E-state index is -0.387. The van der Waals surface area contributed by atoms with Gasteiger partial charge in [0, 0.05) is 6.07 Å². The molecule has 0 atom stereocenters.